The van der Waals surface area contributed by atoms with Crippen LogP contribution in [0.1, 0.15) is 52.1 Å². The highest BCUT2D eigenvalue weighted by molar-refractivity contribution is 5.68. The molecule has 1 unspecified atom stereocenters. The van der Waals surface area contributed by atoms with E-state index >= 15 is 0 Å². The van der Waals surface area contributed by atoms with Crippen molar-refractivity contribution < 1.29 is 13.9 Å². The molecule has 0 bridgehead atoms. The molecule has 2 N–H and O–H groups in total. The molecule has 0 aliphatic heterocycles. The van der Waals surface area contributed by atoms with Gasteiger partial charge in [-0.15, -0.1) is 0 Å². The van der Waals surface area contributed by atoms with Crippen LogP contribution in [0.15, 0.2) is 16.5 Å². The predicted molar refractivity (Wildman–Crippen MR) is 85.7 cm³/mol. The third-order valence-corrected chi connectivity index (χ3v) is 3.62. The Morgan fingerprint density at radius 1 is 1.36 bits per heavy atom. The molecular weight excluding hydrogens is 280 g/mol. The molecule has 22 heavy (non-hydrogen) atoms. The van der Waals surface area contributed by atoms with Crippen molar-refractivity contribution in [1.82, 2.24) is 10.6 Å². The third kappa shape index (κ3) is 5.72. The first-order chi connectivity index (χ1) is 10.4. The van der Waals surface area contributed by atoms with Gasteiger partial charge in [0.25, 0.3) is 0 Å². The van der Waals surface area contributed by atoms with Gasteiger partial charge in [0.15, 0.2) is 0 Å². The van der Waals surface area contributed by atoms with Crippen LogP contribution in [-0.2, 0) is 17.7 Å². The Bertz CT molecular complexity index is 486. The number of carbonyl (C=O) groups is 1. The van der Waals surface area contributed by atoms with E-state index in [4.69, 9.17) is 9.15 Å². The minimum Gasteiger partial charge on any atom is -0.465 e. The number of rotatable bonds is 7. The Labute approximate surface area is 132 Å². The topological polar surface area (TPSA) is 63.5 Å². The van der Waals surface area contributed by atoms with E-state index in [1.807, 2.05) is 32.9 Å². The molecule has 1 amide bonds. The summed E-state index contributed by atoms with van der Waals surface area (Å²) < 4.78 is 11.0. The second-order valence-electron chi connectivity index (χ2n) is 6.94. The molecule has 1 aliphatic rings. The lowest BCUT2D eigenvalue weighted by atomic mass is 10.2. The van der Waals surface area contributed by atoms with Crippen molar-refractivity contribution in [3.63, 3.8) is 0 Å². The lowest BCUT2D eigenvalue weighted by Gasteiger charge is -2.23. The van der Waals surface area contributed by atoms with Gasteiger partial charge in [-0.2, -0.15) is 0 Å². The number of amides is 1. The van der Waals surface area contributed by atoms with Crippen LogP contribution in [-0.4, -0.2) is 24.3 Å². The van der Waals surface area contributed by atoms with Crippen molar-refractivity contribution in [3.05, 3.63) is 23.7 Å². The number of furan rings is 1. The van der Waals surface area contributed by atoms with Crippen LogP contribution in [0.25, 0.3) is 0 Å². The van der Waals surface area contributed by atoms with Gasteiger partial charge in [0, 0.05) is 19.0 Å². The summed E-state index contributed by atoms with van der Waals surface area (Å²) in [7, 11) is 0. The molecule has 5 heteroatoms. The number of hydrogen-bond donors (Lipinski definition) is 2. The van der Waals surface area contributed by atoms with Gasteiger partial charge in [-0.05, 0) is 51.7 Å². The van der Waals surface area contributed by atoms with Crippen molar-refractivity contribution >= 4 is 6.09 Å². The van der Waals surface area contributed by atoms with Crippen molar-refractivity contribution in [1.29, 1.82) is 0 Å². The van der Waals surface area contributed by atoms with Crippen LogP contribution in [0.3, 0.4) is 0 Å². The van der Waals surface area contributed by atoms with Crippen molar-refractivity contribution in [2.75, 3.05) is 6.54 Å². The fourth-order valence-corrected chi connectivity index (χ4v) is 2.35. The van der Waals surface area contributed by atoms with Gasteiger partial charge < -0.3 is 19.8 Å². The molecule has 1 saturated carbocycles. The van der Waals surface area contributed by atoms with E-state index in [2.05, 4.69) is 17.6 Å². The Morgan fingerprint density at radius 3 is 2.59 bits per heavy atom. The first kappa shape index (κ1) is 16.9. The monoisotopic (exact) mass is 308 g/mol. The number of nitrogens with one attached hydrogen (secondary N) is 2. The fraction of sp³-hybridized carbons (Fsp3) is 0.706. The van der Waals surface area contributed by atoms with Crippen LogP contribution < -0.4 is 10.6 Å². The largest absolute Gasteiger partial charge is 0.465 e. The average molecular weight is 308 g/mol. The normalized spacial score (nSPS) is 16.4. The maximum absolute atomic E-state index is 11.9. The van der Waals surface area contributed by atoms with E-state index in [0.717, 1.165) is 24.5 Å². The summed E-state index contributed by atoms with van der Waals surface area (Å²) in [6.07, 6.45) is 2.91. The summed E-state index contributed by atoms with van der Waals surface area (Å²) in [5.41, 5.74) is -0.462. The average Bonchev–Trinajstić information content (AvgIpc) is 3.15. The number of aryl methyl sites for hydroxylation is 1. The molecule has 1 aliphatic carbocycles. The molecular formula is C17H28N2O3. The van der Waals surface area contributed by atoms with Gasteiger partial charge in [0.05, 0.1) is 6.54 Å². The zero-order valence-corrected chi connectivity index (χ0v) is 14.1. The van der Waals surface area contributed by atoms with Crippen molar-refractivity contribution in [2.24, 2.45) is 5.92 Å². The molecule has 0 spiro atoms. The van der Waals surface area contributed by atoms with Gasteiger partial charge in [-0.3, -0.25) is 0 Å². The number of carbonyl (C=O) groups excluding carboxylic acids is 1. The second kappa shape index (κ2) is 7.18. The van der Waals surface area contributed by atoms with Crippen molar-refractivity contribution in [2.45, 2.75) is 65.1 Å². The Hall–Kier alpha value is -1.49. The molecule has 124 valence electrons. The van der Waals surface area contributed by atoms with Crippen LogP contribution in [0, 0.1) is 5.92 Å². The minimum atomic E-state index is -0.462. The zero-order chi connectivity index (χ0) is 16.2. The maximum Gasteiger partial charge on any atom is 0.407 e. The van der Waals surface area contributed by atoms with Gasteiger partial charge in [0.1, 0.15) is 17.1 Å². The standard InChI is InChI=1S/C17H28N2O3/c1-5-13-8-9-14(21-13)10-18-11-15(12-6-7-12)19-16(20)22-17(2,3)4/h8-9,12,15,18H,5-7,10-11H2,1-4H3,(H,19,20). The van der Waals surface area contributed by atoms with Gasteiger partial charge in [-0.25, -0.2) is 4.79 Å². The Balaban J connectivity index is 1.76. The molecule has 1 aromatic heterocycles. The van der Waals surface area contributed by atoms with E-state index in [1.54, 1.807) is 0 Å². The number of hydrogen-bond acceptors (Lipinski definition) is 4. The van der Waals surface area contributed by atoms with Gasteiger partial charge >= 0.3 is 6.09 Å². The minimum absolute atomic E-state index is 0.121. The summed E-state index contributed by atoms with van der Waals surface area (Å²) in [4.78, 5) is 11.9. The van der Waals surface area contributed by atoms with E-state index in [1.165, 1.54) is 12.8 Å². The van der Waals surface area contributed by atoms with Crippen LogP contribution in [0.4, 0.5) is 4.79 Å². The highest BCUT2D eigenvalue weighted by atomic mass is 16.6. The summed E-state index contributed by atoms with van der Waals surface area (Å²) in [6.45, 7) is 9.10. The molecule has 0 saturated heterocycles. The van der Waals surface area contributed by atoms with Crippen LogP contribution in [0.5, 0.6) is 0 Å². The maximum atomic E-state index is 11.9. The first-order valence-electron chi connectivity index (χ1n) is 8.15. The van der Waals surface area contributed by atoms with Crippen LogP contribution in [0.2, 0.25) is 0 Å². The second-order valence-corrected chi connectivity index (χ2v) is 6.94. The highest BCUT2D eigenvalue weighted by Gasteiger charge is 2.33. The van der Waals surface area contributed by atoms with E-state index in [0.29, 0.717) is 12.5 Å². The first-order valence-corrected chi connectivity index (χ1v) is 8.15. The highest BCUT2D eigenvalue weighted by Crippen LogP contribution is 2.32. The smallest absolute Gasteiger partial charge is 0.407 e. The molecule has 1 heterocycles. The van der Waals surface area contributed by atoms with E-state index in [9.17, 15) is 4.79 Å². The van der Waals surface area contributed by atoms with Crippen LogP contribution >= 0.6 is 0 Å². The Kier molecular flexibility index (Phi) is 5.51. The summed E-state index contributed by atoms with van der Waals surface area (Å²) in [5, 5.41) is 6.35. The quantitative estimate of drug-likeness (QED) is 0.811. The SMILES string of the molecule is CCc1ccc(CNCC(NC(=O)OC(C)(C)C)C2CC2)o1. The summed E-state index contributed by atoms with van der Waals surface area (Å²) in [6, 6.07) is 4.13. The lowest BCUT2D eigenvalue weighted by Crippen LogP contribution is -2.45. The molecule has 1 atom stereocenters. The van der Waals surface area contributed by atoms with Gasteiger partial charge in [0.2, 0.25) is 0 Å². The number of alkyl carbamates (subject to hydrolysis) is 1. The van der Waals surface area contributed by atoms with Crippen molar-refractivity contribution in [3.8, 4) is 0 Å². The van der Waals surface area contributed by atoms with E-state index < -0.39 is 5.60 Å². The predicted octanol–water partition coefficient (Wildman–Crippen LogP) is 3.23. The Morgan fingerprint density at radius 2 is 2.05 bits per heavy atom. The molecule has 2 rings (SSSR count). The summed E-state index contributed by atoms with van der Waals surface area (Å²) in [5.74, 6) is 2.49. The lowest BCUT2D eigenvalue weighted by molar-refractivity contribution is 0.0497. The zero-order valence-electron chi connectivity index (χ0n) is 14.1. The molecule has 0 radical (unpaired) electrons. The molecule has 1 fully saturated rings. The van der Waals surface area contributed by atoms with Gasteiger partial charge in [-0.1, -0.05) is 6.92 Å². The fourth-order valence-electron chi connectivity index (χ4n) is 2.35. The number of ether oxygens (including phenoxy) is 1. The third-order valence-electron chi connectivity index (χ3n) is 3.62. The van der Waals surface area contributed by atoms with E-state index in [-0.39, 0.29) is 12.1 Å². The molecule has 5 nitrogen and oxygen atoms in total. The summed E-state index contributed by atoms with van der Waals surface area (Å²) >= 11 is 0. The molecule has 1 aromatic rings. The molecule has 0 aromatic carbocycles.